The average molecular weight is 473 g/mol. The standard InChI is InChI=1S/C26H20N2O3S2/c1-30-22-13-16(12-17(14-27)25-28-20-7-3-5-9-24(20)33-25)10-11-21(22)31-26(29)19-15-32-23-8-4-2-6-18(19)23/h3,5,7,9-13,15H,2,4,6,8H2,1H3/b17-12-. The molecular weight excluding hydrogens is 452 g/mol. The Morgan fingerprint density at radius 3 is 2.82 bits per heavy atom. The third kappa shape index (κ3) is 4.28. The highest BCUT2D eigenvalue weighted by molar-refractivity contribution is 7.19. The van der Waals surface area contributed by atoms with Gasteiger partial charge < -0.3 is 9.47 Å². The number of carbonyl (C=O) groups is 1. The summed E-state index contributed by atoms with van der Waals surface area (Å²) < 4.78 is 12.2. The van der Waals surface area contributed by atoms with Crippen LogP contribution in [0.2, 0.25) is 0 Å². The molecule has 0 fully saturated rings. The van der Waals surface area contributed by atoms with Crippen molar-refractivity contribution in [2.45, 2.75) is 25.7 Å². The summed E-state index contributed by atoms with van der Waals surface area (Å²) in [7, 11) is 1.53. The molecule has 1 aliphatic rings. The fourth-order valence-corrected chi connectivity index (χ4v) is 6.02. The number of hydrogen-bond acceptors (Lipinski definition) is 7. The maximum absolute atomic E-state index is 12.9. The predicted molar refractivity (Wildman–Crippen MR) is 132 cm³/mol. The van der Waals surface area contributed by atoms with E-state index in [0.717, 1.165) is 40.6 Å². The van der Waals surface area contributed by atoms with Gasteiger partial charge in [0.2, 0.25) is 0 Å². The van der Waals surface area contributed by atoms with Crippen molar-refractivity contribution < 1.29 is 14.3 Å². The van der Waals surface area contributed by atoms with Crippen LogP contribution in [-0.4, -0.2) is 18.1 Å². The normalized spacial score (nSPS) is 13.4. The van der Waals surface area contributed by atoms with Gasteiger partial charge in [0, 0.05) is 10.3 Å². The number of esters is 1. The molecule has 0 saturated carbocycles. The first-order chi connectivity index (χ1) is 16.2. The molecule has 0 aliphatic heterocycles. The minimum atomic E-state index is -0.358. The molecule has 2 aromatic carbocycles. The molecule has 5 rings (SSSR count). The molecule has 1 aliphatic carbocycles. The van der Waals surface area contributed by atoms with Gasteiger partial charge in [0.25, 0.3) is 0 Å². The van der Waals surface area contributed by atoms with Crippen LogP contribution < -0.4 is 9.47 Å². The van der Waals surface area contributed by atoms with Crippen molar-refractivity contribution >= 4 is 50.5 Å². The van der Waals surface area contributed by atoms with E-state index in [1.54, 1.807) is 35.6 Å². The zero-order valence-electron chi connectivity index (χ0n) is 18.0. The quantitative estimate of drug-likeness (QED) is 0.188. The Hall–Kier alpha value is -3.47. The molecule has 0 bridgehead atoms. The van der Waals surface area contributed by atoms with Gasteiger partial charge in [-0.3, -0.25) is 0 Å². The zero-order chi connectivity index (χ0) is 22.8. The molecule has 0 N–H and O–H groups in total. The Bertz CT molecular complexity index is 1390. The van der Waals surface area contributed by atoms with Gasteiger partial charge in [0.05, 0.1) is 28.5 Å². The van der Waals surface area contributed by atoms with Crippen molar-refractivity contribution in [3.63, 3.8) is 0 Å². The van der Waals surface area contributed by atoms with Crippen LogP contribution in [0.3, 0.4) is 0 Å². The third-order valence-electron chi connectivity index (χ3n) is 5.63. The van der Waals surface area contributed by atoms with Gasteiger partial charge in [-0.1, -0.05) is 18.2 Å². The maximum Gasteiger partial charge on any atom is 0.344 e. The van der Waals surface area contributed by atoms with Crippen LogP contribution in [-0.2, 0) is 12.8 Å². The lowest BCUT2D eigenvalue weighted by atomic mass is 9.96. The second-order valence-electron chi connectivity index (χ2n) is 7.71. The van der Waals surface area contributed by atoms with E-state index in [-0.39, 0.29) is 5.97 Å². The van der Waals surface area contributed by atoms with E-state index in [9.17, 15) is 10.1 Å². The molecule has 33 heavy (non-hydrogen) atoms. The molecule has 0 spiro atoms. The highest BCUT2D eigenvalue weighted by Gasteiger charge is 2.22. The fraction of sp³-hybridized carbons (Fsp3) is 0.192. The second-order valence-corrected chi connectivity index (χ2v) is 9.71. The average Bonchev–Trinajstić information content (AvgIpc) is 3.47. The lowest BCUT2D eigenvalue weighted by molar-refractivity contribution is 0.0729. The highest BCUT2D eigenvalue weighted by atomic mass is 32.1. The van der Waals surface area contributed by atoms with Crippen molar-refractivity contribution in [2.75, 3.05) is 7.11 Å². The van der Waals surface area contributed by atoms with Gasteiger partial charge in [-0.05, 0) is 67.2 Å². The van der Waals surface area contributed by atoms with Gasteiger partial charge in [0.15, 0.2) is 11.5 Å². The SMILES string of the molecule is COc1cc(/C=C(/C#N)c2nc3ccccc3s2)ccc1OC(=O)c1csc2c1CCCC2. The molecule has 0 radical (unpaired) electrons. The maximum atomic E-state index is 12.9. The van der Waals surface area contributed by atoms with Crippen LogP contribution in [0.1, 0.15) is 44.2 Å². The number of allylic oxidation sites excluding steroid dienone is 1. The summed E-state index contributed by atoms with van der Waals surface area (Å²) in [5.41, 5.74) is 3.88. The first kappa shape index (κ1) is 21.4. The number of nitriles is 1. The Kier molecular flexibility index (Phi) is 5.95. The van der Waals surface area contributed by atoms with Gasteiger partial charge in [-0.15, -0.1) is 22.7 Å². The lowest BCUT2D eigenvalue weighted by Crippen LogP contribution is -2.12. The Morgan fingerprint density at radius 2 is 2.00 bits per heavy atom. The lowest BCUT2D eigenvalue weighted by Gasteiger charge is -2.13. The van der Waals surface area contributed by atoms with Crippen LogP contribution in [0, 0.1) is 11.3 Å². The van der Waals surface area contributed by atoms with Crippen molar-refractivity contribution in [2.24, 2.45) is 0 Å². The molecule has 2 heterocycles. The van der Waals surface area contributed by atoms with Crippen molar-refractivity contribution in [1.82, 2.24) is 4.98 Å². The predicted octanol–water partition coefficient (Wildman–Crippen LogP) is 6.53. The first-order valence-electron chi connectivity index (χ1n) is 10.6. The number of fused-ring (bicyclic) bond motifs is 2. The minimum Gasteiger partial charge on any atom is -0.493 e. The summed E-state index contributed by atoms with van der Waals surface area (Å²) in [5, 5.41) is 12.3. The molecule has 2 aromatic heterocycles. The molecule has 0 amide bonds. The van der Waals surface area contributed by atoms with Crippen LogP contribution in [0.4, 0.5) is 0 Å². The van der Waals surface area contributed by atoms with E-state index in [4.69, 9.17) is 9.47 Å². The number of thiophene rings is 1. The van der Waals surface area contributed by atoms with E-state index in [2.05, 4.69) is 11.1 Å². The third-order valence-corrected chi connectivity index (χ3v) is 7.79. The number of carbonyl (C=O) groups excluding carboxylic acids is 1. The molecule has 0 saturated heterocycles. The van der Waals surface area contributed by atoms with E-state index < -0.39 is 0 Å². The van der Waals surface area contributed by atoms with Crippen molar-refractivity contribution in [3.8, 4) is 17.6 Å². The molecule has 5 nitrogen and oxygen atoms in total. The van der Waals surface area contributed by atoms with E-state index in [1.807, 2.05) is 29.6 Å². The number of hydrogen-bond donors (Lipinski definition) is 0. The fourth-order valence-electron chi connectivity index (χ4n) is 3.97. The Morgan fingerprint density at radius 1 is 1.15 bits per heavy atom. The molecule has 164 valence electrons. The topological polar surface area (TPSA) is 72.2 Å². The van der Waals surface area contributed by atoms with Gasteiger partial charge in [-0.2, -0.15) is 5.26 Å². The monoisotopic (exact) mass is 472 g/mol. The molecular formula is C26H20N2O3S2. The van der Waals surface area contributed by atoms with E-state index >= 15 is 0 Å². The summed E-state index contributed by atoms with van der Waals surface area (Å²) in [4.78, 5) is 18.7. The van der Waals surface area contributed by atoms with E-state index in [0.29, 0.717) is 27.6 Å². The smallest absolute Gasteiger partial charge is 0.344 e. The summed E-state index contributed by atoms with van der Waals surface area (Å²) >= 11 is 3.12. The van der Waals surface area contributed by atoms with E-state index in [1.165, 1.54) is 29.7 Å². The number of aromatic nitrogens is 1. The van der Waals surface area contributed by atoms with Crippen LogP contribution in [0.15, 0.2) is 47.8 Å². The van der Waals surface area contributed by atoms with Gasteiger partial charge >= 0.3 is 5.97 Å². The van der Waals surface area contributed by atoms with Crippen LogP contribution in [0.5, 0.6) is 11.5 Å². The van der Waals surface area contributed by atoms with Crippen LogP contribution in [0.25, 0.3) is 21.9 Å². The number of para-hydroxylation sites is 1. The van der Waals surface area contributed by atoms with Crippen molar-refractivity contribution in [1.29, 1.82) is 5.26 Å². The number of benzene rings is 2. The number of rotatable bonds is 5. The highest BCUT2D eigenvalue weighted by Crippen LogP contribution is 2.34. The zero-order valence-corrected chi connectivity index (χ0v) is 19.6. The summed E-state index contributed by atoms with van der Waals surface area (Å²) in [6.45, 7) is 0. The van der Waals surface area contributed by atoms with Crippen molar-refractivity contribution in [3.05, 3.63) is 74.4 Å². The summed E-state index contributed by atoms with van der Waals surface area (Å²) in [6, 6.07) is 15.3. The molecule has 4 aromatic rings. The summed E-state index contributed by atoms with van der Waals surface area (Å²) in [6.07, 6.45) is 6.00. The number of methoxy groups -OCH3 is 1. The Labute approximate surface area is 199 Å². The van der Waals surface area contributed by atoms with Gasteiger partial charge in [0.1, 0.15) is 11.1 Å². The minimum absolute atomic E-state index is 0.355. The number of thiazole rings is 1. The molecule has 0 unspecified atom stereocenters. The summed E-state index contributed by atoms with van der Waals surface area (Å²) in [5.74, 6) is 0.430. The number of aryl methyl sites for hydroxylation is 1. The van der Waals surface area contributed by atoms with Crippen LogP contribution >= 0.6 is 22.7 Å². The second kappa shape index (κ2) is 9.18. The molecule has 0 atom stereocenters. The largest absolute Gasteiger partial charge is 0.493 e. The van der Waals surface area contributed by atoms with Gasteiger partial charge in [-0.25, -0.2) is 9.78 Å². The number of ether oxygens (including phenoxy) is 2. The molecule has 7 heteroatoms. The first-order valence-corrected chi connectivity index (χ1v) is 12.3. The number of nitrogens with zero attached hydrogens (tertiary/aromatic N) is 2. The Balaban J connectivity index is 1.41.